The molecule has 3 unspecified atom stereocenters. The molecule has 0 radical (unpaired) electrons. The van der Waals surface area contributed by atoms with Crippen LogP contribution in [-0.4, -0.2) is 31.7 Å². The van der Waals surface area contributed by atoms with Crippen molar-refractivity contribution in [2.24, 2.45) is 17.6 Å². The van der Waals surface area contributed by atoms with Crippen molar-refractivity contribution in [1.29, 1.82) is 0 Å². The molecule has 1 amide bonds. The van der Waals surface area contributed by atoms with Gasteiger partial charge < -0.3 is 15.8 Å². The van der Waals surface area contributed by atoms with Gasteiger partial charge in [0.15, 0.2) is 0 Å². The van der Waals surface area contributed by atoms with Crippen molar-refractivity contribution in [3.63, 3.8) is 0 Å². The molecule has 1 fully saturated rings. The summed E-state index contributed by atoms with van der Waals surface area (Å²) in [5, 5.41) is 2.95. The Kier molecular flexibility index (Phi) is 7.28. The number of unbranched alkanes of at least 4 members (excludes halogenated alkanes) is 1. The van der Waals surface area contributed by atoms with Gasteiger partial charge in [0.1, 0.15) is 0 Å². The third-order valence-corrected chi connectivity index (χ3v) is 3.76. The van der Waals surface area contributed by atoms with Crippen LogP contribution in [0, 0.1) is 11.8 Å². The van der Waals surface area contributed by atoms with Crippen LogP contribution in [0.2, 0.25) is 0 Å². The topological polar surface area (TPSA) is 64.3 Å². The lowest BCUT2D eigenvalue weighted by Gasteiger charge is -2.33. The van der Waals surface area contributed by atoms with Gasteiger partial charge in [-0.2, -0.15) is 0 Å². The van der Waals surface area contributed by atoms with Crippen LogP contribution >= 0.6 is 0 Å². The van der Waals surface area contributed by atoms with E-state index in [1.165, 1.54) is 0 Å². The van der Waals surface area contributed by atoms with Gasteiger partial charge >= 0.3 is 0 Å². The fourth-order valence-electron chi connectivity index (χ4n) is 2.62. The average molecular weight is 256 g/mol. The highest BCUT2D eigenvalue weighted by molar-refractivity contribution is 5.79. The van der Waals surface area contributed by atoms with E-state index in [2.05, 4.69) is 19.2 Å². The maximum atomic E-state index is 12.1. The normalized spacial score (nSPS) is 28.1. The summed E-state index contributed by atoms with van der Waals surface area (Å²) in [7, 11) is 0. The van der Waals surface area contributed by atoms with Crippen molar-refractivity contribution in [2.45, 2.75) is 52.0 Å². The first-order valence-electron chi connectivity index (χ1n) is 7.27. The zero-order chi connectivity index (χ0) is 13.4. The maximum absolute atomic E-state index is 12.1. The number of carbonyl (C=O) groups is 1. The summed E-state index contributed by atoms with van der Waals surface area (Å²) in [5.74, 6) is 0.484. The van der Waals surface area contributed by atoms with Crippen molar-refractivity contribution in [1.82, 2.24) is 5.32 Å². The quantitative estimate of drug-likeness (QED) is 0.681. The highest BCUT2D eigenvalue weighted by atomic mass is 16.5. The smallest absolute Gasteiger partial charge is 0.225 e. The molecule has 0 aliphatic heterocycles. The molecule has 18 heavy (non-hydrogen) atoms. The van der Waals surface area contributed by atoms with Crippen molar-refractivity contribution < 1.29 is 9.53 Å². The fourth-order valence-corrected chi connectivity index (χ4v) is 2.62. The van der Waals surface area contributed by atoms with Crippen LogP contribution in [0.25, 0.3) is 0 Å². The van der Waals surface area contributed by atoms with Crippen molar-refractivity contribution in [3.05, 3.63) is 0 Å². The summed E-state index contributed by atoms with van der Waals surface area (Å²) >= 11 is 0. The summed E-state index contributed by atoms with van der Waals surface area (Å²) in [6.45, 7) is 6.24. The predicted octanol–water partition coefficient (Wildman–Crippen LogP) is 1.68. The number of ether oxygens (including phenoxy) is 1. The summed E-state index contributed by atoms with van der Waals surface area (Å²) in [6.07, 6.45) is 5.44. The Labute approximate surface area is 111 Å². The molecule has 0 heterocycles. The molecule has 3 N–H and O–H groups in total. The van der Waals surface area contributed by atoms with Crippen LogP contribution in [0.3, 0.4) is 0 Å². The van der Waals surface area contributed by atoms with E-state index in [9.17, 15) is 4.79 Å². The average Bonchev–Trinajstić information content (AvgIpc) is 2.33. The Hall–Kier alpha value is -0.610. The van der Waals surface area contributed by atoms with E-state index in [0.29, 0.717) is 19.1 Å². The molecule has 0 aromatic heterocycles. The fraction of sp³-hybridized carbons (Fsp3) is 0.929. The molecular formula is C14H28N2O2. The minimum Gasteiger partial charge on any atom is -0.380 e. The first-order chi connectivity index (χ1) is 8.66. The van der Waals surface area contributed by atoms with E-state index >= 15 is 0 Å². The lowest BCUT2D eigenvalue weighted by Crippen LogP contribution is -2.47. The van der Waals surface area contributed by atoms with Crippen LogP contribution in [0.15, 0.2) is 0 Å². The van der Waals surface area contributed by atoms with Gasteiger partial charge in [-0.1, -0.05) is 26.7 Å². The van der Waals surface area contributed by atoms with Gasteiger partial charge in [0, 0.05) is 19.2 Å². The van der Waals surface area contributed by atoms with E-state index in [-0.39, 0.29) is 17.9 Å². The lowest BCUT2D eigenvalue weighted by atomic mass is 9.76. The Morgan fingerprint density at radius 2 is 2.17 bits per heavy atom. The molecule has 1 aliphatic carbocycles. The minimum absolute atomic E-state index is 0.0191. The number of hydrogen-bond acceptors (Lipinski definition) is 3. The molecule has 4 nitrogen and oxygen atoms in total. The molecule has 1 saturated carbocycles. The van der Waals surface area contributed by atoms with E-state index < -0.39 is 0 Å². The Morgan fingerprint density at radius 1 is 1.39 bits per heavy atom. The highest BCUT2D eigenvalue weighted by Gasteiger charge is 2.33. The maximum Gasteiger partial charge on any atom is 0.225 e. The molecule has 106 valence electrons. The van der Waals surface area contributed by atoms with Crippen molar-refractivity contribution in [3.8, 4) is 0 Å². The molecular weight excluding hydrogens is 228 g/mol. The lowest BCUT2D eigenvalue weighted by molar-refractivity contribution is -0.128. The number of nitrogens with two attached hydrogens (primary N) is 1. The van der Waals surface area contributed by atoms with E-state index in [1.54, 1.807) is 0 Å². The molecule has 3 atom stereocenters. The minimum atomic E-state index is -0.0191. The van der Waals surface area contributed by atoms with Crippen molar-refractivity contribution in [2.75, 3.05) is 19.8 Å². The van der Waals surface area contributed by atoms with Crippen molar-refractivity contribution >= 4 is 5.91 Å². The molecule has 1 rings (SSSR count). The zero-order valence-corrected chi connectivity index (χ0v) is 11.8. The Morgan fingerprint density at radius 3 is 2.83 bits per heavy atom. The second-order valence-electron chi connectivity index (χ2n) is 5.35. The van der Waals surface area contributed by atoms with Crippen LogP contribution in [-0.2, 0) is 9.53 Å². The second kappa shape index (κ2) is 8.48. The number of amides is 1. The van der Waals surface area contributed by atoms with Gasteiger partial charge in [0.05, 0.1) is 12.5 Å². The van der Waals surface area contributed by atoms with Crippen LogP contribution in [0.1, 0.15) is 46.0 Å². The monoisotopic (exact) mass is 256 g/mol. The van der Waals surface area contributed by atoms with Crippen LogP contribution in [0.5, 0.6) is 0 Å². The van der Waals surface area contributed by atoms with Crippen LogP contribution in [0.4, 0.5) is 0 Å². The first kappa shape index (κ1) is 15.4. The van der Waals surface area contributed by atoms with Gasteiger partial charge in [0.2, 0.25) is 5.91 Å². The van der Waals surface area contributed by atoms with Gasteiger partial charge in [-0.05, 0) is 25.2 Å². The van der Waals surface area contributed by atoms with Gasteiger partial charge in [-0.3, -0.25) is 4.79 Å². The molecule has 0 bridgehead atoms. The molecule has 0 saturated heterocycles. The predicted molar refractivity (Wildman–Crippen MR) is 73.2 cm³/mol. The van der Waals surface area contributed by atoms with Gasteiger partial charge in [-0.15, -0.1) is 0 Å². The molecule has 0 spiro atoms. The SMILES string of the molecule is CCCCOCCNC(=O)C1C(C)CCCC1N. The standard InChI is InChI=1S/C14H28N2O2/c1-3-4-9-18-10-8-16-14(17)13-11(2)6-5-7-12(13)15/h11-13H,3-10,15H2,1-2H3,(H,16,17). The van der Waals surface area contributed by atoms with E-state index in [1.807, 2.05) is 0 Å². The summed E-state index contributed by atoms with van der Waals surface area (Å²) in [6, 6.07) is 0.0229. The third kappa shape index (κ3) is 4.94. The Bertz CT molecular complexity index is 236. The number of hydrogen-bond donors (Lipinski definition) is 2. The second-order valence-corrected chi connectivity index (χ2v) is 5.35. The van der Waals surface area contributed by atoms with E-state index in [4.69, 9.17) is 10.5 Å². The summed E-state index contributed by atoms with van der Waals surface area (Å²) < 4.78 is 5.42. The number of nitrogens with one attached hydrogen (secondary N) is 1. The Balaban J connectivity index is 2.18. The first-order valence-corrected chi connectivity index (χ1v) is 7.27. The zero-order valence-electron chi connectivity index (χ0n) is 11.8. The highest BCUT2D eigenvalue weighted by Crippen LogP contribution is 2.28. The third-order valence-electron chi connectivity index (χ3n) is 3.76. The van der Waals surface area contributed by atoms with Gasteiger partial charge in [-0.25, -0.2) is 0 Å². The number of carbonyl (C=O) groups excluding carboxylic acids is 1. The molecule has 0 aromatic rings. The molecule has 0 aromatic carbocycles. The summed E-state index contributed by atoms with van der Waals surface area (Å²) in [5.41, 5.74) is 6.05. The molecule has 1 aliphatic rings. The molecule has 4 heteroatoms. The van der Waals surface area contributed by atoms with Gasteiger partial charge in [0.25, 0.3) is 0 Å². The van der Waals surface area contributed by atoms with E-state index in [0.717, 1.165) is 38.7 Å². The number of rotatable bonds is 7. The largest absolute Gasteiger partial charge is 0.380 e. The summed E-state index contributed by atoms with van der Waals surface area (Å²) in [4.78, 5) is 12.1. The van der Waals surface area contributed by atoms with Crippen LogP contribution < -0.4 is 11.1 Å².